The third kappa shape index (κ3) is 3.59. The van der Waals surface area contributed by atoms with Gasteiger partial charge in [-0.1, -0.05) is 52.4 Å². The highest BCUT2D eigenvalue weighted by atomic mass is 35.5. The second-order valence-corrected chi connectivity index (χ2v) is 6.87. The maximum Gasteiger partial charge on any atom is 0.174 e. The van der Waals surface area contributed by atoms with E-state index in [4.69, 9.17) is 23.2 Å². The topological polar surface area (TPSA) is 46.0 Å². The molecule has 0 spiro atoms. The van der Waals surface area contributed by atoms with E-state index in [9.17, 15) is 5.11 Å². The molecular formula is C11H10Cl2N2OS2. The molecule has 96 valence electrons. The van der Waals surface area contributed by atoms with Gasteiger partial charge in [-0.2, -0.15) is 0 Å². The quantitative estimate of drug-likeness (QED) is 0.865. The first kappa shape index (κ1) is 14.1. The van der Waals surface area contributed by atoms with Crippen molar-refractivity contribution in [2.45, 2.75) is 17.4 Å². The Hall–Kier alpha value is -0.330. The number of aliphatic hydroxyl groups is 1. The first-order valence-corrected chi connectivity index (χ1v) is 7.68. The molecule has 1 N–H and O–H groups in total. The van der Waals surface area contributed by atoms with Gasteiger partial charge in [-0.15, -0.1) is 10.2 Å². The highest BCUT2D eigenvalue weighted by Gasteiger charge is 2.13. The predicted molar refractivity (Wildman–Crippen MR) is 76.8 cm³/mol. The first-order chi connectivity index (χ1) is 8.56. The number of nitrogens with zero attached hydrogens (tertiary/aromatic N) is 2. The zero-order valence-corrected chi connectivity index (χ0v) is 12.6. The molecule has 0 bridgehead atoms. The molecule has 0 fully saturated rings. The Morgan fingerprint density at radius 1 is 1.39 bits per heavy atom. The Kier molecular flexibility index (Phi) is 4.86. The molecule has 0 radical (unpaired) electrons. The molecule has 1 aromatic heterocycles. The van der Waals surface area contributed by atoms with E-state index in [1.165, 1.54) is 23.1 Å². The summed E-state index contributed by atoms with van der Waals surface area (Å²) in [6, 6.07) is 5.08. The van der Waals surface area contributed by atoms with Crippen molar-refractivity contribution in [3.8, 4) is 0 Å². The molecule has 0 aliphatic carbocycles. The Morgan fingerprint density at radius 3 is 2.78 bits per heavy atom. The molecule has 0 saturated carbocycles. The summed E-state index contributed by atoms with van der Waals surface area (Å²) in [5.41, 5.74) is 0.676. The minimum Gasteiger partial charge on any atom is -0.387 e. The molecule has 0 aliphatic heterocycles. The zero-order valence-electron chi connectivity index (χ0n) is 9.43. The highest BCUT2D eigenvalue weighted by Crippen LogP contribution is 2.31. The number of aromatic nitrogens is 2. The molecule has 1 unspecified atom stereocenters. The number of rotatable bonds is 4. The van der Waals surface area contributed by atoms with Crippen molar-refractivity contribution in [3.63, 3.8) is 0 Å². The number of thioether (sulfide) groups is 1. The minimum atomic E-state index is -0.649. The van der Waals surface area contributed by atoms with Gasteiger partial charge in [0.05, 0.1) is 6.10 Å². The number of hydrogen-bond donors (Lipinski definition) is 1. The third-order valence-electron chi connectivity index (χ3n) is 2.19. The van der Waals surface area contributed by atoms with Crippen molar-refractivity contribution in [2.75, 3.05) is 5.75 Å². The Morgan fingerprint density at radius 2 is 2.17 bits per heavy atom. The molecule has 2 rings (SSSR count). The van der Waals surface area contributed by atoms with E-state index in [2.05, 4.69) is 10.2 Å². The fourth-order valence-corrected chi connectivity index (χ4v) is 3.68. The SMILES string of the molecule is Cc1nnc(SCC(O)c2ccc(Cl)cc2Cl)s1. The van der Waals surface area contributed by atoms with Crippen LogP contribution in [0.4, 0.5) is 0 Å². The number of aryl methyl sites for hydroxylation is 1. The van der Waals surface area contributed by atoms with Gasteiger partial charge >= 0.3 is 0 Å². The largest absolute Gasteiger partial charge is 0.387 e. The number of hydrogen-bond acceptors (Lipinski definition) is 5. The van der Waals surface area contributed by atoms with Crippen molar-refractivity contribution in [1.29, 1.82) is 0 Å². The Labute approximate surface area is 123 Å². The van der Waals surface area contributed by atoms with Gasteiger partial charge in [0.15, 0.2) is 4.34 Å². The van der Waals surface area contributed by atoms with Crippen molar-refractivity contribution < 1.29 is 5.11 Å². The lowest BCUT2D eigenvalue weighted by atomic mass is 10.1. The lowest BCUT2D eigenvalue weighted by Gasteiger charge is -2.11. The van der Waals surface area contributed by atoms with E-state index in [1.807, 2.05) is 6.92 Å². The van der Waals surface area contributed by atoms with Crippen molar-refractivity contribution >= 4 is 46.3 Å². The normalized spacial score (nSPS) is 12.7. The fraction of sp³-hybridized carbons (Fsp3) is 0.273. The number of benzene rings is 1. The fourth-order valence-electron chi connectivity index (χ4n) is 1.35. The maximum atomic E-state index is 10.1. The molecule has 3 nitrogen and oxygen atoms in total. The summed E-state index contributed by atoms with van der Waals surface area (Å²) in [4.78, 5) is 0. The second kappa shape index (κ2) is 6.21. The van der Waals surface area contributed by atoms with Crippen LogP contribution in [0.15, 0.2) is 22.5 Å². The molecule has 18 heavy (non-hydrogen) atoms. The van der Waals surface area contributed by atoms with E-state index >= 15 is 0 Å². The molecule has 1 heterocycles. The van der Waals surface area contributed by atoms with Crippen molar-refractivity contribution in [3.05, 3.63) is 38.8 Å². The van der Waals surface area contributed by atoms with E-state index in [0.717, 1.165) is 9.35 Å². The number of aliphatic hydroxyl groups excluding tert-OH is 1. The van der Waals surface area contributed by atoms with Gasteiger partial charge < -0.3 is 5.11 Å². The van der Waals surface area contributed by atoms with Crippen LogP contribution in [0.2, 0.25) is 10.0 Å². The van der Waals surface area contributed by atoms with Gasteiger partial charge in [-0.25, -0.2) is 0 Å². The van der Waals surface area contributed by atoms with Crippen LogP contribution < -0.4 is 0 Å². The number of halogens is 2. The smallest absolute Gasteiger partial charge is 0.174 e. The van der Waals surface area contributed by atoms with Crippen LogP contribution in [-0.4, -0.2) is 21.1 Å². The van der Waals surface area contributed by atoms with Gasteiger partial charge in [0.1, 0.15) is 5.01 Å². The summed E-state index contributed by atoms with van der Waals surface area (Å²) < 4.78 is 0.844. The van der Waals surface area contributed by atoms with Gasteiger partial charge in [-0.3, -0.25) is 0 Å². The van der Waals surface area contributed by atoms with Crippen LogP contribution in [0.3, 0.4) is 0 Å². The van der Waals surface area contributed by atoms with Crippen LogP contribution >= 0.6 is 46.3 Å². The first-order valence-electron chi connectivity index (χ1n) is 5.12. The molecular weight excluding hydrogens is 311 g/mol. The van der Waals surface area contributed by atoms with Gasteiger partial charge in [0, 0.05) is 21.4 Å². The summed E-state index contributed by atoms with van der Waals surface area (Å²) in [5.74, 6) is 0.482. The average Bonchev–Trinajstić information content (AvgIpc) is 2.72. The van der Waals surface area contributed by atoms with Crippen molar-refractivity contribution in [1.82, 2.24) is 10.2 Å². The second-order valence-electron chi connectivity index (χ2n) is 3.58. The standard InChI is InChI=1S/C11H10Cl2N2OS2/c1-6-14-15-11(18-6)17-5-10(16)8-3-2-7(12)4-9(8)13/h2-4,10,16H,5H2,1H3. The van der Waals surface area contributed by atoms with Crippen LogP contribution in [0.25, 0.3) is 0 Å². The monoisotopic (exact) mass is 320 g/mol. The van der Waals surface area contributed by atoms with Gasteiger partial charge in [-0.05, 0) is 19.1 Å². The summed E-state index contributed by atoms with van der Waals surface area (Å²) in [7, 11) is 0. The van der Waals surface area contributed by atoms with E-state index in [-0.39, 0.29) is 0 Å². The zero-order chi connectivity index (χ0) is 13.1. The molecule has 2 aromatic rings. The molecule has 0 amide bonds. The van der Waals surface area contributed by atoms with E-state index in [0.29, 0.717) is 21.4 Å². The third-order valence-corrected chi connectivity index (χ3v) is 4.80. The molecule has 7 heteroatoms. The molecule has 0 aliphatic rings. The summed E-state index contributed by atoms with van der Waals surface area (Å²) in [6.45, 7) is 1.90. The van der Waals surface area contributed by atoms with Crippen LogP contribution in [0, 0.1) is 6.92 Å². The Bertz CT molecular complexity index is 548. The minimum absolute atomic E-state index is 0.476. The molecule has 0 saturated heterocycles. The molecule has 1 atom stereocenters. The van der Waals surface area contributed by atoms with Crippen LogP contribution in [0.5, 0.6) is 0 Å². The lowest BCUT2D eigenvalue weighted by molar-refractivity contribution is 0.204. The summed E-state index contributed by atoms with van der Waals surface area (Å²) >= 11 is 14.8. The van der Waals surface area contributed by atoms with Gasteiger partial charge in [0.25, 0.3) is 0 Å². The lowest BCUT2D eigenvalue weighted by Crippen LogP contribution is -2.01. The van der Waals surface area contributed by atoms with Crippen LogP contribution in [-0.2, 0) is 0 Å². The Balaban J connectivity index is 2.01. The predicted octanol–water partition coefficient (Wildman–Crippen LogP) is 3.98. The van der Waals surface area contributed by atoms with E-state index in [1.54, 1.807) is 18.2 Å². The summed E-state index contributed by atoms with van der Waals surface area (Å²) in [6.07, 6.45) is -0.649. The summed E-state index contributed by atoms with van der Waals surface area (Å²) in [5, 5.41) is 19.9. The van der Waals surface area contributed by atoms with Crippen molar-refractivity contribution in [2.24, 2.45) is 0 Å². The van der Waals surface area contributed by atoms with Gasteiger partial charge in [0.2, 0.25) is 0 Å². The highest BCUT2D eigenvalue weighted by molar-refractivity contribution is 8.01. The van der Waals surface area contributed by atoms with E-state index < -0.39 is 6.10 Å². The average molecular weight is 321 g/mol. The maximum absolute atomic E-state index is 10.1. The van der Waals surface area contributed by atoms with Crippen LogP contribution in [0.1, 0.15) is 16.7 Å². The molecule has 1 aromatic carbocycles.